The smallest absolute Gasteiger partial charge is 0.244 e. The van der Waals surface area contributed by atoms with E-state index in [1.165, 1.54) is 0 Å². The van der Waals surface area contributed by atoms with Gasteiger partial charge in [-0.1, -0.05) is 24.3 Å². The molecule has 1 aliphatic heterocycles. The number of rotatable bonds is 4. The Morgan fingerprint density at radius 1 is 1.15 bits per heavy atom. The van der Waals surface area contributed by atoms with Gasteiger partial charge in [0.05, 0.1) is 12.2 Å². The van der Waals surface area contributed by atoms with E-state index in [9.17, 15) is 4.79 Å². The van der Waals surface area contributed by atoms with Crippen molar-refractivity contribution >= 4 is 11.7 Å². The van der Waals surface area contributed by atoms with E-state index in [0.717, 1.165) is 34.6 Å². The summed E-state index contributed by atoms with van der Waals surface area (Å²) in [4.78, 5) is 28.1. The predicted molar refractivity (Wildman–Crippen MR) is 103 cm³/mol. The second-order valence-corrected chi connectivity index (χ2v) is 7.25. The minimum absolute atomic E-state index is 0.125. The lowest BCUT2D eigenvalue weighted by Crippen LogP contribution is -2.43. The third kappa shape index (κ3) is 3.42. The lowest BCUT2D eigenvalue weighted by Gasteiger charge is -2.35. The van der Waals surface area contributed by atoms with E-state index in [2.05, 4.69) is 23.0 Å². The minimum atomic E-state index is -0.284. The van der Waals surface area contributed by atoms with Crippen LogP contribution in [-0.4, -0.2) is 60.4 Å². The van der Waals surface area contributed by atoms with Crippen LogP contribution in [0.25, 0.3) is 0 Å². The minimum Gasteiger partial charge on any atom is -0.362 e. The van der Waals surface area contributed by atoms with Crippen LogP contribution in [0.1, 0.15) is 28.4 Å². The molecule has 0 aliphatic carbocycles. The Balaban J connectivity index is 1.89. The first-order chi connectivity index (χ1) is 12.4. The SMILES string of the molecule is Cc1ccccc1[C@@H](C(=O)N1CCc2c(ncnc2N(C)C)C1)N(C)C. The Bertz CT molecular complexity index is 803. The van der Waals surface area contributed by atoms with Crippen LogP contribution < -0.4 is 4.90 Å². The van der Waals surface area contributed by atoms with Crippen LogP contribution in [-0.2, 0) is 17.8 Å². The highest BCUT2D eigenvalue weighted by Crippen LogP contribution is 2.29. The fourth-order valence-corrected chi connectivity index (χ4v) is 3.61. The fraction of sp³-hybridized carbons (Fsp3) is 0.450. The van der Waals surface area contributed by atoms with Gasteiger partial charge in [0.1, 0.15) is 18.2 Å². The number of fused-ring (bicyclic) bond motifs is 1. The summed E-state index contributed by atoms with van der Waals surface area (Å²) < 4.78 is 0. The van der Waals surface area contributed by atoms with Crippen LogP contribution in [0, 0.1) is 6.92 Å². The van der Waals surface area contributed by atoms with E-state index in [0.29, 0.717) is 13.1 Å². The van der Waals surface area contributed by atoms with Gasteiger partial charge in [0.25, 0.3) is 0 Å². The summed E-state index contributed by atoms with van der Waals surface area (Å²) in [6.07, 6.45) is 2.37. The molecule has 6 nitrogen and oxygen atoms in total. The standard InChI is InChI=1S/C20H27N5O/c1-14-8-6-7-9-15(14)18(23(2)3)20(26)25-11-10-16-17(12-25)21-13-22-19(16)24(4)5/h6-9,13,18H,10-12H2,1-5H3/t18-/m0/s1. The summed E-state index contributed by atoms with van der Waals surface area (Å²) >= 11 is 0. The quantitative estimate of drug-likeness (QED) is 0.842. The van der Waals surface area contributed by atoms with E-state index in [1.807, 2.05) is 61.1 Å². The van der Waals surface area contributed by atoms with Crippen molar-refractivity contribution in [1.29, 1.82) is 0 Å². The number of aromatic nitrogens is 2. The molecule has 26 heavy (non-hydrogen) atoms. The zero-order valence-electron chi connectivity index (χ0n) is 16.2. The van der Waals surface area contributed by atoms with Crippen molar-refractivity contribution in [1.82, 2.24) is 19.8 Å². The maximum absolute atomic E-state index is 13.4. The number of nitrogens with zero attached hydrogens (tertiary/aromatic N) is 5. The van der Waals surface area contributed by atoms with Crippen molar-refractivity contribution in [3.8, 4) is 0 Å². The summed E-state index contributed by atoms with van der Waals surface area (Å²) in [5, 5.41) is 0. The molecule has 0 N–H and O–H groups in total. The number of carbonyl (C=O) groups excluding carboxylic acids is 1. The van der Waals surface area contributed by atoms with Gasteiger partial charge >= 0.3 is 0 Å². The topological polar surface area (TPSA) is 52.6 Å². The number of benzene rings is 1. The third-order valence-electron chi connectivity index (χ3n) is 4.95. The largest absolute Gasteiger partial charge is 0.362 e. The molecule has 0 saturated heterocycles. The molecule has 1 atom stereocenters. The van der Waals surface area contributed by atoms with Crippen molar-refractivity contribution in [2.24, 2.45) is 0 Å². The summed E-state index contributed by atoms with van der Waals surface area (Å²) in [6.45, 7) is 3.28. The molecular weight excluding hydrogens is 326 g/mol. The van der Waals surface area contributed by atoms with Gasteiger partial charge < -0.3 is 9.80 Å². The molecule has 2 aromatic rings. The van der Waals surface area contributed by atoms with Crippen molar-refractivity contribution in [2.75, 3.05) is 39.6 Å². The molecule has 6 heteroatoms. The second kappa shape index (κ2) is 7.41. The highest BCUT2D eigenvalue weighted by atomic mass is 16.2. The van der Waals surface area contributed by atoms with Crippen LogP contribution in [0.5, 0.6) is 0 Å². The van der Waals surface area contributed by atoms with Crippen molar-refractivity contribution in [3.63, 3.8) is 0 Å². The van der Waals surface area contributed by atoms with E-state index < -0.39 is 0 Å². The molecule has 0 bridgehead atoms. The van der Waals surface area contributed by atoms with Gasteiger partial charge in [-0.05, 0) is 38.6 Å². The number of amides is 1. The molecule has 1 aromatic carbocycles. The van der Waals surface area contributed by atoms with Crippen molar-refractivity contribution in [2.45, 2.75) is 25.9 Å². The van der Waals surface area contributed by atoms with Gasteiger partial charge in [-0.25, -0.2) is 9.97 Å². The molecule has 2 heterocycles. The van der Waals surface area contributed by atoms with Crippen LogP contribution in [0.2, 0.25) is 0 Å². The van der Waals surface area contributed by atoms with Crippen LogP contribution in [0.3, 0.4) is 0 Å². The van der Waals surface area contributed by atoms with Gasteiger partial charge in [0.2, 0.25) is 5.91 Å². The number of hydrogen-bond donors (Lipinski definition) is 0. The average Bonchev–Trinajstić information content (AvgIpc) is 2.62. The Hall–Kier alpha value is -2.47. The normalized spacial score (nSPS) is 14.9. The first kappa shape index (κ1) is 18.3. The maximum atomic E-state index is 13.4. The van der Waals surface area contributed by atoms with Crippen LogP contribution in [0.4, 0.5) is 5.82 Å². The molecule has 0 unspecified atom stereocenters. The third-order valence-corrected chi connectivity index (χ3v) is 4.95. The number of carbonyl (C=O) groups is 1. The lowest BCUT2D eigenvalue weighted by atomic mass is 9.97. The Morgan fingerprint density at radius 2 is 1.88 bits per heavy atom. The highest BCUT2D eigenvalue weighted by Gasteiger charge is 2.32. The summed E-state index contributed by atoms with van der Waals surface area (Å²) in [5.41, 5.74) is 4.29. The molecular formula is C20H27N5O. The second-order valence-electron chi connectivity index (χ2n) is 7.25. The van der Waals surface area contributed by atoms with Gasteiger partial charge in [0.15, 0.2) is 0 Å². The van der Waals surface area contributed by atoms with Crippen molar-refractivity contribution in [3.05, 3.63) is 53.0 Å². The fourth-order valence-electron chi connectivity index (χ4n) is 3.61. The van der Waals surface area contributed by atoms with E-state index >= 15 is 0 Å². The number of hydrogen-bond acceptors (Lipinski definition) is 5. The van der Waals surface area contributed by atoms with Gasteiger partial charge in [-0.3, -0.25) is 9.69 Å². The number of anilines is 1. The Labute approximate surface area is 155 Å². The summed E-state index contributed by atoms with van der Waals surface area (Å²) in [6, 6.07) is 7.82. The highest BCUT2D eigenvalue weighted by molar-refractivity contribution is 5.84. The molecule has 1 amide bonds. The maximum Gasteiger partial charge on any atom is 0.244 e. The van der Waals surface area contributed by atoms with Gasteiger partial charge in [-0.2, -0.15) is 0 Å². The number of aryl methyl sites for hydroxylation is 1. The summed E-state index contributed by atoms with van der Waals surface area (Å²) in [7, 11) is 7.89. The molecule has 3 rings (SSSR count). The molecule has 1 aromatic heterocycles. The molecule has 138 valence electrons. The summed E-state index contributed by atoms with van der Waals surface area (Å²) in [5.74, 6) is 1.07. The number of likely N-dealkylation sites (N-methyl/N-ethyl adjacent to an activating group) is 1. The Kier molecular flexibility index (Phi) is 5.23. The first-order valence-corrected chi connectivity index (χ1v) is 8.91. The first-order valence-electron chi connectivity index (χ1n) is 8.91. The van der Waals surface area contributed by atoms with Crippen LogP contribution in [0.15, 0.2) is 30.6 Å². The molecule has 1 aliphatic rings. The van der Waals surface area contributed by atoms with E-state index in [4.69, 9.17) is 0 Å². The zero-order valence-corrected chi connectivity index (χ0v) is 16.2. The van der Waals surface area contributed by atoms with E-state index in [1.54, 1.807) is 6.33 Å². The molecule has 0 spiro atoms. The zero-order chi connectivity index (χ0) is 18.8. The average molecular weight is 353 g/mol. The predicted octanol–water partition coefficient (Wildman–Crippen LogP) is 2.04. The van der Waals surface area contributed by atoms with Crippen LogP contribution >= 0.6 is 0 Å². The Morgan fingerprint density at radius 3 is 2.54 bits per heavy atom. The van der Waals surface area contributed by atoms with E-state index in [-0.39, 0.29) is 11.9 Å². The monoisotopic (exact) mass is 353 g/mol. The molecule has 0 fully saturated rings. The molecule has 0 saturated carbocycles. The lowest BCUT2D eigenvalue weighted by molar-refractivity contribution is -0.137. The van der Waals surface area contributed by atoms with Crippen molar-refractivity contribution < 1.29 is 4.79 Å². The molecule has 0 radical (unpaired) electrons. The van der Waals surface area contributed by atoms with Gasteiger partial charge in [-0.15, -0.1) is 0 Å². The van der Waals surface area contributed by atoms with Gasteiger partial charge in [0, 0.05) is 26.2 Å².